The van der Waals surface area contributed by atoms with Gasteiger partial charge < -0.3 is 24.0 Å². The quantitative estimate of drug-likeness (QED) is 0.233. The Bertz CT molecular complexity index is 939. The lowest BCUT2D eigenvalue weighted by Gasteiger charge is -2.21. The molecule has 1 fully saturated rings. The SMILES string of the molecule is Fc1cccc(Sc2cc3ccccc3[n+](CCCCCC3CCCCC3)c2)c1.[I-]. The number of hydrogen-bond donors (Lipinski definition) is 0. The normalized spacial score (nSPS) is 14.6. The summed E-state index contributed by atoms with van der Waals surface area (Å²) in [6.07, 6.45) is 14.8. The summed E-state index contributed by atoms with van der Waals surface area (Å²) in [5.41, 5.74) is 1.28. The second-order valence-corrected chi connectivity index (χ2v) is 9.49. The minimum absolute atomic E-state index is 0. The number of para-hydroxylation sites is 1. The van der Waals surface area contributed by atoms with E-state index in [4.69, 9.17) is 0 Å². The average Bonchev–Trinajstić information content (AvgIpc) is 2.74. The molecule has 1 saturated carbocycles. The summed E-state index contributed by atoms with van der Waals surface area (Å²) >= 11 is 1.63. The number of hydrogen-bond acceptors (Lipinski definition) is 1. The zero-order chi connectivity index (χ0) is 19.9. The Kier molecular flexibility index (Phi) is 9.44. The van der Waals surface area contributed by atoms with Gasteiger partial charge in [0.1, 0.15) is 12.4 Å². The van der Waals surface area contributed by atoms with Gasteiger partial charge in [0.25, 0.3) is 0 Å². The molecule has 1 aliphatic carbocycles. The van der Waals surface area contributed by atoms with Gasteiger partial charge in [-0.15, -0.1) is 0 Å². The first kappa shape index (κ1) is 23.5. The fourth-order valence-electron chi connectivity index (χ4n) is 4.56. The molecule has 1 heterocycles. The number of pyridine rings is 1. The zero-order valence-corrected chi connectivity index (χ0v) is 20.5. The van der Waals surface area contributed by atoms with Crippen molar-refractivity contribution in [2.24, 2.45) is 5.92 Å². The Morgan fingerprint density at radius 2 is 1.70 bits per heavy atom. The molecule has 0 N–H and O–H groups in total. The number of nitrogens with zero attached hydrogens (tertiary/aromatic N) is 1. The zero-order valence-electron chi connectivity index (χ0n) is 17.5. The minimum atomic E-state index is -0.179. The Labute approximate surface area is 201 Å². The number of fused-ring (bicyclic) bond motifs is 1. The molecule has 0 amide bonds. The van der Waals surface area contributed by atoms with E-state index in [0.717, 1.165) is 22.3 Å². The number of halogens is 2. The van der Waals surface area contributed by atoms with Crippen molar-refractivity contribution in [3.8, 4) is 0 Å². The molecule has 3 aromatic rings. The summed E-state index contributed by atoms with van der Waals surface area (Å²) in [5.74, 6) is 0.810. The van der Waals surface area contributed by atoms with Crippen LogP contribution in [-0.4, -0.2) is 0 Å². The first-order valence-corrected chi connectivity index (χ1v) is 12.0. The second-order valence-electron chi connectivity index (χ2n) is 8.34. The maximum Gasteiger partial charge on any atom is 0.212 e. The van der Waals surface area contributed by atoms with Crippen LogP contribution in [0.15, 0.2) is 70.6 Å². The number of rotatable bonds is 8. The van der Waals surface area contributed by atoms with Gasteiger partial charge in [-0.1, -0.05) is 74.9 Å². The van der Waals surface area contributed by atoms with Gasteiger partial charge in [-0.2, -0.15) is 4.57 Å². The molecule has 0 radical (unpaired) electrons. The summed E-state index contributed by atoms with van der Waals surface area (Å²) in [4.78, 5) is 2.11. The molecule has 30 heavy (non-hydrogen) atoms. The van der Waals surface area contributed by atoms with Crippen molar-refractivity contribution in [3.63, 3.8) is 0 Å². The molecule has 0 saturated heterocycles. The van der Waals surface area contributed by atoms with Crippen molar-refractivity contribution in [2.45, 2.75) is 74.1 Å². The third kappa shape index (κ3) is 6.68. The van der Waals surface area contributed by atoms with Crippen molar-refractivity contribution >= 4 is 22.7 Å². The predicted molar refractivity (Wildman–Crippen MR) is 120 cm³/mol. The molecule has 0 unspecified atom stereocenters. The van der Waals surface area contributed by atoms with Crippen molar-refractivity contribution in [1.82, 2.24) is 0 Å². The van der Waals surface area contributed by atoms with Crippen LogP contribution in [-0.2, 0) is 6.54 Å². The highest BCUT2D eigenvalue weighted by Gasteiger charge is 2.14. The molecule has 2 aromatic carbocycles. The maximum absolute atomic E-state index is 13.6. The van der Waals surface area contributed by atoms with Gasteiger partial charge in [0.05, 0.1) is 4.90 Å². The molecular weight excluding hydrogens is 504 g/mol. The summed E-state index contributed by atoms with van der Waals surface area (Å²) < 4.78 is 15.9. The van der Waals surface area contributed by atoms with E-state index in [2.05, 4.69) is 41.1 Å². The van der Waals surface area contributed by atoms with E-state index in [0.29, 0.717) is 0 Å². The van der Waals surface area contributed by atoms with E-state index in [1.54, 1.807) is 23.9 Å². The number of benzene rings is 2. The van der Waals surface area contributed by atoms with Crippen LogP contribution in [0.5, 0.6) is 0 Å². The minimum Gasteiger partial charge on any atom is -1.00 e. The fraction of sp³-hybridized carbons (Fsp3) is 0.423. The van der Waals surface area contributed by atoms with Crippen LogP contribution in [0, 0.1) is 11.7 Å². The molecule has 0 bridgehead atoms. The Hall–Kier alpha value is -1.14. The van der Waals surface area contributed by atoms with Crippen LogP contribution in [0.2, 0.25) is 0 Å². The molecule has 0 atom stereocenters. The maximum atomic E-state index is 13.6. The number of aryl methyl sites for hydroxylation is 1. The molecule has 0 aliphatic heterocycles. The third-order valence-corrected chi connectivity index (χ3v) is 7.04. The van der Waals surface area contributed by atoms with Gasteiger partial charge in [-0.3, -0.25) is 0 Å². The van der Waals surface area contributed by atoms with E-state index in [1.165, 1.54) is 74.8 Å². The fourth-order valence-corrected chi connectivity index (χ4v) is 5.52. The highest BCUT2D eigenvalue weighted by Crippen LogP contribution is 2.30. The van der Waals surface area contributed by atoms with Gasteiger partial charge in [-0.05, 0) is 42.7 Å². The Morgan fingerprint density at radius 1 is 0.867 bits per heavy atom. The van der Waals surface area contributed by atoms with Crippen LogP contribution < -0.4 is 28.5 Å². The summed E-state index contributed by atoms with van der Waals surface area (Å²) in [7, 11) is 0. The standard InChI is InChI=1S/C26H31FNS.HI/c27-23-14-9-15-24(19-23)29-25-18-22-13-6-7-16-26(22)28(20-25)17-8-2-5-12-21-10-3-1-4-11-21;/h6-7,9,13-16,18-21H,1-5,8,10-12,17H2;1H/q+1;/p-1. The van der Waals surface area contributed by atoms with Crippen LogP contribution in [0.1, 0.15) is 57.8 Å². The Balaban J connectivity index is 0.00000256. The van der Waals surface area contributed by atoms with Gasteiger partial charge in [0.15, 0.2) is 6.20 Å². The topological polar surface area (TPSA) is 3.88 Å². The molecule has 4 heteroatoms. The second kappa shape index (κ2) is 12.0. The molecule has 1 nitrogen and oxygen atoms in total. The van der Waals surface area contributed by atoms with Crippen molar-refractivity contribution < 1.29 is 32.9 Å². The van der Waals surface area contributed by atoms with Crippen LogP contribution in [0.25, 0.3) is 10.9 Å². The highest BCUT2D eigenvalue weighted by molar-refractivity contribution is 7.99. The lowest BCUT2D eigenvalue weighted by atomic mass is 9.85. The first-order valence-electron chi connectivity index (χ1n) is 11.1. The van der Waals surface area contributed by atoms with Crippen molar-refractivity contribution in [2.75, 3.05) is 0 Å². The Morgan fingerprint density at radius 3 is 2.53 bits per heavy atom. The summed E-state index contributed by atoms with van der Waals surface area (Å²) in [6.45, 7) is 1.04. The highest BCUT2D eigenvalue weighted by atomic mass is 127. The molecule has 0 spiro atoms. The number of unbranched alkanes of at least 4 members (excludes halogenated alkanes) is 2. The third-order valence-electron chi connectivity index (χ3n) is 6.09. The summed E-state index contributed by atoms with van der Waals surface area (Å²) in [5, 5.41) is 1.25. The van der Waals surface area contributed by atoms with Crippen LogP contribution >= 0.6 is 11.8 Å². The van der Waals surface area contributed by atoms with E-state index in [1.807, 2.05) is 6.07 Å². The van der Waals surface area contributed by atoms with Gasteiger partial charge in [0, 0.05) is 22.8 Å². The molecule has 4 rings (SSSR count). The van der Waals surface area contributed by atoms with Crippen molar-refractivity contribution in [1.29, 1.82) is 0 Å². The lowest BCUT2D eigenvalue weighted by molar-refractivity contribution is -0.673. The largest absolute Gasteiger partial charge is 1.00 e. The molecule has 1 aromatic heterocycles. The van der Waals surface area contributed by atoms with Crippen LogP contribution in [0.4, 0.5) is 4.39 Å². The molecule has 1 aliphatic rings. The number of aromatic nitrogens is 1. The van der Waals surface area contributed by atoms with Gasteiger partial charge >= 0.3 is 0 Å². The smallest absolute Gasteiger partial charge is 0.212 e. The predicted octanol–water partition coefficient (Wildman–Crippen LogP) is 4.56. The van der Waals surface area contributed by atoms with Crippen LogP contribution in [0.3, 0.4) is 0 Å². The van der Waals surface area contributed by atoms with E-state index in [9.17, 15) is 4.39 Å². The first-order chi connectivity index (χ1) is 14.3. The van der Waals surface area contributed by atoms with Crippen molar-refractivity contribution in [3.05, 3.63) is 66.6 Å². The van der Waals surface area contributed by atoms with E-state index < -0.39 is 0 Å². The lowest BCUT2D eigenvalue weighted by Crippen LogP contribution is -3.00. The van der Waals surface area contributed by atoms with E-state index in [-0.39, 0.29) is 29.8 Å². The average molecular weight is 536 g/mol. The summed E-state index contributed by atoms with van der Waals surface area (Å²) in [6, 6.07) is 17.6. The monoisotopic (exact) mass is 535 g/mol. The van der Waals surface area contributed by atoms with Gasteiger partial charge in [-0.25, -0.2) is 4.39 Å². The van der Waals surface area contributed by atoms with Gasteiger partial charge in [0.2, 0.25) is 5.52 Å². The molecule has 160 valence electrons. The van der Waals surface area contributed by atoms with E-state index >= 15 is 0 Å². The molecular formula is C26H31FINS.